The molecule has 1 aromatic carbocycles. The second-order valence-corrected chi connectivity index (χ2v) is 13.2. The van der Waals surface area contributed by atoms with Crippen molar-refractivity contribution < 1.29 is 37.7 Å². The number of nitrogens with zero attached hydrogens (tertiary/aromatic N) is 2. The van der Waals surface area contributed by atoms with Crippen LogP contribution in [0.25, 0.3) is 11.3 Å². The Morgan fingerprint density at radius 2 is 2.05 bits per heavy atom. The number of nitrogens with one attached hydrogen (secondary N) is 2. The van der Waals surface area contributed by atoms with Crippen LogP contribution in [0.2, 0.25) is 4.34 Å². The summed E-state index contributed by atoms with van der Waals surface area (Å²) < 4.78 is 38.6. The molecule has 1 saturated heterocycles. The van der Waals surface area contributed by atoms with Gasteiger partial charge in [-0.15, -0.1) is 0 Å². The first-order valence-electron chi connectivity index (χ1n) is 12.2. The summed E-state index contributed by atoms with van der Waals surface area (Å²) in [5.41, 5.74) is -2.85. The molecule has 0 aliphatic carbocycles. The van der Waals surface area contributed by atoms with Crippen molar-refractivity contribution in [2.45, 2.75) is 50.9 Å². The normalized spacial score (nSPS) is 23.8. The number of aromatic nitrogens is 3. The Morgan fingerprint density at radius 3 is 2.63 bits per heavy atom. The number of aromatic amines is 1. The molecule has 0 unspecified atom stereocenters. The van der Waals surface area contributed by atoms with E-state index >= 15 is 4.39 Å². The van der Waals surface area contributed by atoms with Crippen LogP contribution < -0.4 is 20.9 Å². The summed E-state index contributed by atoms with van der Waals surface area (Å²) in [4.78, 5) is 53.5. The van der Waals surface area contributed by atoms with E-state index in [0.717, 1.165) is 35.9 Å². The first kappa shape index (κ1) is 31.2. The SMILES string of the molecule is COC(=O)[C@H](C)N[PH](O)(OC[C@H]1O[C@@H](n2ccc(=O)[nH]c2=O)[C@](C)(F)[C@@H]1O)Oc1ccc(-c2nc(C)sc2Cl)cc1. The second-order valence-electron chi connectivity index (χ2n) is 9.40. The molecule has 2 aromatic heterocycles. The van der Waals surface area contributed by atoms with Gasteiger partial charge < -0.3 is 0 Å². The molecule has 1 aliphatic rings. The minimum atomic E-state index is -4.52. The zero-order valence-corrected chi connectivity index (χ0v) is 24.9. The van der Waals surface area contributed by atoms with Crippen molar-refractivity contribution >= 4 is 37.0 Å². The third-order valence-electron chi connectivity index (χ3n) is 6.29. The van der Waals surface area contributed by atoms with Crippen LogP contribution >= 0.6 is 31.0 Å². The topological polar surface area (TPSA) is 174 Å². The number of H-pyrrole nitrogens is 1. The predicted octanol–water partition coefficient (Wildman–Crippen LogP) is 2.26. The first-order chi connectivity index (χ1) is 19.2. The van der Waals surface area contributed by atoms with Crippen molar-refractivity contribution in [2.75, 3.05) is 13.7 Å². The van der Waals surface area contributed by atoms with Crippen LogP contribution in [0.1, 0.15) is 25.1 Å². The minimum absolute atomic E-state index is 0.149. The van der Waals surface area contributed by atoms with Crippen LogP contribution in [-0.4, -0.2) is 68.1 Å². The summed E-state index contributed by atoms with van der Waals surface area (Å²) in [6, 6.07) is 6.32. The summed E-state index contributed by atoms with van der Waals surface area (Å²) in [6.45, 7) is 3.65. The van der Waals surface area contributed by atoms with Gasteiger partial charge in [0.15, 0.2) is 0 Å². The van der Waals surface area contributed by atoms with E-state index in [0.29, 0.717) is 15.6 Å². The number of hydrogen-bond acceptors (Lipinski definition) is 12. The Hall–Kier alpha value is -2.75. The van der Waals surface area contributed by atoms with Crippen LogP contribution in [0.15, 0.2) is 46.1 Å². The van der Waals surface area contributed by atoms with E-state index in [-0.39, 0.29) is 5.75 Å². The number of hydrogen-bond donors (Lipinski definition) is 4. The number of carbonyl (C=O) groups excluding carboxylic acids is 1. The third-order valence-corrected chi connectivity index (χ3v) is 9.33. The molecule has 41 heavy (non-hydrogen) atoms. The quantitative estimate of drug-likeness (QED) is 0.190. The van der Waals surface area contributed by atoms with E-state index in [2.05, 4.69) is 10.1 Å². The zero-order valence-electron chi connectivity index (χ0n) is 22.3. The van der Waals surface area contributed by atoms with E-state index in [9.17, 15) is 24.4 Å². The van der Waals surface area contributed by atoms with Gasteiger partial charge in [0.2, 0.25) is 0 Å². The van der Waals surface area contributed by atoms with Crippen LogP contribution in [0.3, 0.4) is 0 Å². The number of aryl methyl sites for hydroxylation is 1. The standard InChI is InChI=1S/C24H29ClFN4O9PS/c1-12(21(33)36-4)29-40(35,39-15-7-5-14(6-8-15)18-20(25)41-13(2)27-18)37-11-16-19(32)24(3,26)22(38-16)30-10-9-17(31)28-23(30)34/h5-10,12,16,19,22,29,32,35,40H,11H2,1-4H3,(H,28,31,34)/t12-,16+,19+,22+,24+/m0/s1. The molecule has 4 N–H and O–H groups in total. The van der Waals surface area contributed by atoms with Crippen molar-refractivity contribution in [3.8, 4) is 17.0 Å². The molecule has 224 valence electrons. The summed E-state index contributed by atoms with van der Waals surface area (Å²) in [5.74, 6) is -0.575. The maximum absolute atomic E-state index is 15.6. The number of thiazole rings is 1. The van der Waals surface area contributed by atoms with Gasteiger partial charge in [-0.25, -0.2) is 0 Å². The average molecular weight is 635 g/mol. The number of rotatable bonds is 10. The fourth-order valence-corrected chi connectivity index (χ4v) is 7.04. The molecule has 0 saturated carbocycles. The fraction of sp³-hybridized carbons (Fsp3) is 0.417. The molecule has 5 atom stereocenters. The van der Waals surface area contributed by atoms with Gasteiger partial charge in [-0.1, -0.05) is 0 Å². The van der Waals surface area contributed by atoms with Crippen molar-refractivity contribution in [1.29, 1.82) is 0 Å². The number of benzene rings is 1. The molecule has 0 spiro atoms. The van der Waals surface area contributed by atoms with Crippen LogP contribution in [0.5, 0.6) is 5.75 Å². The van der Waals surface area contributed by atoms with Gasteiger partial charge in [0.1, 0.15) is 0 Å². The Bertz CT molecular complexity index is 1520. The number of aliphatic hydroxyl groups is 1. The molecule has 3 heterocycles. The van der Waals surface area contributed by atoms with E-state index < -0.39 is 62.1 Å². The van der Waals surface area contributed by atoms with Gasteiger partial charge in [-0.05, 0) is 0 Å². The van der Waals surface area contributed by atoms with E-state index in [1.54, 1.807) is 12.1 Å². The fourth-order valence-electron chi connectivity index (χ4n) is 4.19. The van der Waals surface area contributed by atoms with Gasteiger partial charge in [0, 0.05) is 0 Å². The van der Waals surface area contributed by atoms with Crippen LogP contribution in [0, 0.1) is 6.92 Å². The number of alkyl halides is 1. The number of carbonyl (C=O) groups is 1. The van der Waals surface area contributed by atoms with Gasteiger partial charge in [-0.3, -0.25) is 0 Å². The van der Waals surface area contributed by atoms with Crippen molar-refractivity contribution in [2.24, 2.45) is 0 Å². The van der Waals surface area contributed by atoms with Gasteiger partial charge >= 0.3 is 243 Å². The van der Waals surface area contributed by atoms with E-state index in [1.807, 2.05) is 11.9 Å². The molecule has 1 aliphatic heterocycles. The monoisotopic (exact) mass is 634 g/mol. The summed E-state index contributed by atoms with van der Waals surface area (Å²) >= 11 is 7.58. The Balaban J connectivity index is 1.54. The molecule has 3 aromatic rings. The predicted molar refractivity (Wildman–Crippen MR) is 150 cm³/mol. The number of methoxy groups -OCH3 is 1. The van der Waals surface area contributed by atoms with E-state index in [1.165, 1.54) is 30.4 Å². The average Bonchev–Trinajstić information content (AvgIpc) is 3.36. The zero-order chi connectivity index (χ0) is 30.1. The Morgan fingerprint density at radius 1 is 1.37 bits per heavy atom. The molecule has 1 fully saturated rings. The van der Waals surface area contributed by atoms with E-state index in [4.69, 9.17) is 30.1 Å². The molecule has 0 bridgehead atoms. The van der Waals surface area contributed by atoms with Crippen molar-refractivity contribution in [1.82, 2.24) is 19.6 Å². The number of esters is 1. The van der Waals surface area contributed by atoms with Crippen molar-refractivity contribution in [3.63, 3.8) is 0 Å². The van der Waals surface area contributed by atoms with Crippen molar-refractivity contribution in [3.05, 3.63) is 66.7 Å². The van der Waals surface area contributed by atoms with Gasteiger partial charge in [0.05, 0.1) is 0 Å². The summed E-state index contributed by atoms with van der Waals surface area (Å²) in [5, 5.41) is 14.0. The van der Waals surface area contributed by atoms with Crippen LogP contribution in [0.4, 0.5) is 4.39 Å². The molecule has 4 rings (SSSR count). The molecular formula is C24H29ClFN4O9PS. The first-order valence-corrected chi connectivity index (χ1v) is 15.2. The Labute approximate surface area is 242 Å². The molecule has 0 radical (unpaired) electrons. The second kappa shape index (κ2) is 12.2. The number of halogens is 2. The van der Waals surface area contributed by atoms with Gasteiger partial charge in [0.25, 0.3) is 0 Å². The Kier molecular flexibility index (Phi) is 9.31. The third kappa shape index (κ3) is 6.84. The molecule has 13 nitrogen and oxygen atoms in total. The van der Waals surface area contributed by atoms with Gasteiger partial charge in [-0.2, -0.15) is 0 Å². The van der Waals surface area contributed by atoms with Crippen LogP contribution in [-0.2, 0) is 18.8 Å². The maximum atomic E-state index is 15.6. The molecule has 17 heteroatoms. The molecule has 0 amide bonds. The summed E-state index contributed by atoms with van der Waals surface area (Å²) in [6.07, 6.45) is -3.78. The summed E-state index contributed by atoms with van der Waals surface area (Å²) in [7, 11) is -3.36. The number of ether oxygens (including phenoxy) is 2. The molecular weight excluding hydrogens is 606 g/mol. The number of aliphatic hydroxyl groups excluding tert-OH is 1.